The summed E-state index contributed by atoms with van der Waals surface area (Å²) in [4.78, 5) is 29.4. The van der Waals surface area contributed by atoms with E-state index in [1.54, 1.807) is 11.9 Å². The van der Waals surface area contributed by atoms with Crippen molar-refractivity contribution in [2.45, 2.75) is 6.92 Å². The molecule has 0 saturated carbocycles. The van der Waals surface area contributed by atoms with E-state index in [9.17, 15) is 9.59 Å². The summed E-state index contributed by atoms with van der Waals surface area (Å²) in [5.41, 5.74) is 5.88. The molecule has 27 heavy (non-hydrogen) atoms. The molecule has 2 aromatic carbocycles. The van der Waals surface area contributed by atoms with Gasteiger partial charge in [0.1, 0.15) is 0 Å². The summed E-state index contributed by atoms with van der Waals surface area (Å²) in [6, 6.07) is 17.1. The number of nitrogens with one attached hydrogen (secondary N) is 1. The zero-order valence-electron chi connectivity index (χ0n) is 15.0. The van der Waals surface area contributed by atoms with Crippen molar-refractivity contribution in [3.8, 4) is 0 Å². The predicted molar refractivity (Wildman–Crippen MR) is 109 cm³/mol. The third-order valence-electron chi connectivity index (χ3n) is 4.50. The van der Waals surface area contributed by atoms with Crippen LogP contribution < -0.4 is 10.3 Å². The minimum atomic E-state index is -0.218. The lowest BCUT2D eigenvalue weighted by atomic mass is 10.1. The van der Waals surface area contributed by atoms with Crippen LogP contribution in [0, 0.1) is 0 Å². The van der Waals surface area contributed by atoms with Crippen LogP contribution in [0.5, 0.6) is 0 Å². The van der Waals surface area contributed by atoms with Crippen LogP contribution in [0.4, 0.5) is 11.4 Å². The van der Waals surface area contributed by atoms with Crippen molar-refractivity contribution in [1.82, 2.24) is 4.90 Å². The molecule has 0 spiro atoms. The molecular formula is C20H18N4O2S. The maximum Gasteiger partial charge on any atom is 0.267 e. The van der Waals surface area contributed by atoms with Gasteiger partial charge in [0.25, 0.3) is 11.8 Å². The Morgan fingerprint density at radius 2 is 1.70 bits per heavy atom. The first-order valence-electron chi connectivity index (χ1n) is 8.62. The summed E-state index contributed by atoms with van der Waals surface area (Å²) in [6.45, 7) is 2.48. The zero-order chi connectivity index (χ0) is 19.0. The Labute approximate surface area is 161 Å². The van der Waals surface area contributed by atoms with Crippen LogP contribution in [-0.2, 0) is 9.59 Å². The summed E-state index contributed by atoms with van der Waals surface area (Å²) < 4.78 is 0. The number of para-hydroxylation sites is 2. The first kappa shape index (κ1) is 17.4. The van der Waals surface area contributed by atoms with Gasteiger partial charge in [0.05, 0.1) is 21.9 Å². The highest BCUT2D eigenvalue weighted by atomic mass is 32.2. The Kier molecular flexibility index (Phi) is 4.45. The fraction of sp³-hybridized carbons (Fsp3) is 0.150. The largest absolute Gasteiger partial charge is 0.308 e. The van der Waals surface area contributed by atoms with E-state index in [-0.39, 0.29) is 11.8 Å². The van der Waals surface area contributed by atoms with E-state index in [1.807, 2.05) is 61.5 Å². The molecular weight excluding hydrogens is 360 g/mol. The molecule has 6 nitrogen and oxygen atoms in total. The Hall–Kier alpha value is -3.06. The number of hydrogen-bond acceptors (Lipinski definition) is 5. The fourth-order valence-electron chi connectivity index (χ4n) is 3.14. The lowest BCUT2D eigenvalue weighted by Crippen LogP contribution is -2.27. The number of hydrazone groups is 1. The minimum absolute atomic E-state index is 0.139. The number of amides is 2. The van der Waals surface area contributed by atoms with E-state index < -0.39 is 0 Å². The van der Waals surface area contributed by atoms with Crippen LogP contribution in [-0.4, -0.2) is 35.5 Å². The Bertz CT molecular complexity index is 984. The number of amidine groups is 1. The molecule has 1 N–H and O–H groups in total. The van der Waals surface area contributed by atoms with Gasteiger partial charge in [-0.3, -0.25) is 19.9 Å². The van der Waals surface area contributed by atoms with Gasteiger partial charge in [-0.05, 0) is 36.9 Å². The molecule has 136 valence electrons. The summed E-state index contributed by atoms with van der Waals surface area (Å²) in [6.07, 6.45) is 0. The standard InChI is InChI=1S/C20H18N4O2S/c1-3-24-15-12-8-7-11-14(15)16(18(24)25)17-19(26)23(2)20(27-17)22-21-13-9-5-4-6-10-13/h4-12,21H,3H2,1-2H3/b17-16-,22-20-. The molecule has 0 radical (unpaired) electrons. The highest BCUT2D eigenvalue weighted by molar-refractivity contribution is 8.18. The van der Waals surface area contributed by atoms with Crippen LogP contribution in [0.3, 0.4) is 0 Å². The maximum atomic E-state index is 12.9. The first-order chi connectivity index (χ1) is 13.1. The van der Waals surface area contributed by atoms with Crippen molar-refractivity contribution < 1.29 is 9.59 Å². The van der Waals surface area contributed by atoms with Gasteiger partial charge in [-0.15, -0.1) is 5.10 Å². The summed E-state index contributed by atoms with van der Waals surface area (Å²) in [5.74, 6) is -0.357. The van der Waals surface area contributed by atoms with Gasteiger partial charge in [0.2, 0.25) is 0 Å². The van der Waals surface area contributed by atoms with E-state index >= 15 is 0 Å². The molecule has 0 aliphatic carbocycles. The fourth-order valence-corrected chi connectivity index (χ4v) is 4.15. The van der Waals surface area contributed by atoms with Gasteiger partial charge < -0.3 is 4.90 Å². The molecule has 7 heteroatoms. The number of carbonyl (C=O) groups excluding carboxylic acids is 2. The van der Waals surface area contributed by atoms with Crippen LogP contribution in [0.15, 0.2) is 64.6 Å². The molecule has 0 aromatic heterocycles. The molecule has 2 aliphatic heterocycles. The number of rotatable bonds is 3. The Morgan fingerprint density at radius 1 is 1.00 bits per heavy atom. The maximum absolute atomic E-state index is 12.9. The second-order valence-corrected chi connectivity index (χ2v) is 7.09. The molecule has 2 amide bonds. The molecule has 1 fully saturated rings. The average Bonchev–Trinajstić information content (AvgIpc) is 3.14. The van der Waals surface area contributed by atoms with Crippen LogP contribution in [0.25, 0.3) is 5.57 Å². The topological polar surface area (TPSA) is 65.0 Å². The second-order valence-electron chi connectivity index (χ2n) is 6.11. The molecule has 2 aliphatic rings. The number of benzene rings is 2. The second kappa shape index (κ2) is 6.92. The molecule has 1 saturated heterocycles. The van der Waals surface area contributed by atoms with Crippen molar-refractivity contribution in [3.63, 3.8) is 0 Å². The number of thioether (sulfide) groups is 1. The van der Waals surface area contributed by atoms with Crippen LogP contribution in [0.1, 0.15) is 12.5 Å². The van der Waals surface area contributed by atoms with E-state index in [2.05, 4.69) is 10.5 Å². The van der Waals surface area contributed by atoms with Gasteiger partial charge in [-0.2, -0.15) is 0 Å². The van der Waals surface area contributed by atoms with Gasteiger partial charge in [0, 0.05) is 19.2 Å². The summed E-state index contributed by atoms with van der Waals surface area (Å²) in [7, 11) is 1.66. The van der Waals surface area contributed by atoms with Crippen molar-refractivity contribution in [2.75, 3.05) is 23.9 Å². The number of fused-ring (bicyclic) bond motifs is 1. The molecule has 0 bridgehead atoms. The smallest absolute Gasteiger partial charge is 0.267 e. The van der Waals surface area contributed by atoms with Crippen molar-refractivity contribution >= 4 is 45.7 Å². The number of carbonyl (C=O) groups is 2. The number of likely N-dealkylation sites (N-methyl/N-ethyl adjacent to an activating group) is 2. The van der Waals surface area contributed by atoms with E-state index in [1.165, 1.54) is 16.7 Å². The quantitative estimate of drug-likeness (QED) is 0.657. The average molecular weight is 378 g/mol. The summed E-state index contributed by atoms with van der Waals surface area (Å²) in [5, 5.41) is 4.85. The Morgan fingerprint density at radius 3 is 2.44 bits per heavy atom. The van der Waals surface area contributed by atoms with Crippen molar-refractivity contribution in [1.29, 1.82) is 0 Å². The monoisotopic (exact) mass is 378 g/mol. The zero-order valence-corrected chi connectivity index (χ0v) is 15.8. The van der Waals surface area contributed by atoms with Gasteiger partial charge >= 0.3 is 0 Å². The van der Waals surface area contributed by atoms with Gasteiger partial charge in [-0.1, -0.05) is 36.4 Å². The molecule has 4 rings (SSSR count). The lowest BCUT2D eigenvalue weighted by Gasteiger charge is -2.13. The molecule has 0 unspecified atom stereocenters. The number of hydrogen-bond donors (Lipinski definition) is 1. The van der Waals surface area contributed by atoms with Gasteiger partial charge in [-0.25, -0.2) is 0 Å². The summed E-state index contributed by atoms with van der Waals surface area (Å²) >= 11 is 1.22. The molecule has 2 heterocycles. The van der Waals surface area contributed by atoms with Crippen LogP contribution in [0.2, 0.25) is 0 Å². The van der Waals surface area contributed by atoms with E-state index in [0.717, 1.165) is 16.9 Å². The van der Waals surface area contributed by atoms with E-state index in [0.29, 0.717) is 22.2 Å². The normalized spacial score (nSPS) is 20.6. The SMILES string of the molecule is CCN1C(=O)/C(=C2\S/C(=N\Nc3ccccc3)N(C)C2=O)c2ccccc21. The highest BCUT2D eigenvalue weighted by Crippen LogP contribution is 2.43. The first-order valence-corrected chi connectivity index (χ1v) is 9.43. The number of nitrogens with zero attached hydrogens (tertiary/aromatic N) is 3. The Balaban J connectivity index is 1.72. The van der Waals surface area contributed by atoms with E-state index in [4.69, 9.17) is 0 Å². The van der Waals surface area contributed by atoms with Crippen molar-refractivity contribution in [2.24, 2.45) is 5.10 Å². The third kappa shape index (κ3) is 2.90. The number of anilines is 2. The molecule has 2 aromatic rings. The minimum Gasteiger partial charge on any atom is -0.308 e. The van der Waals surface area contributed by atoms with Gasteiger partial charge in [0.15, 0.2) is 5.17 Å². The van der Waals surface area contributed by atoms with Crippen LogP contribution >= 0.6 is 11.8 Å². The molecule has 0 atom stereocenters. The highest BCUT2D eigenvalue weighted by Gasteiger charge is 2.40. The third-order valence-corrected chi connectivity index (χ3v) is 5.63. The lowest BCUT2D eigenvalue weighted by molar-refractivity contribution is -0.121. The van der Waals surface area contributed by atoms with Crippen molar-refractivity contribution in [3.05, 3.63) is 65.1 Å². The predicted octanol–water partition coefficient (Wildman–Crippen LogP) is 3.35.